The molecule has 0 aromatic heterocycles. The van der Waals surface area contributed by atoms with Crippen molar-refractivity contribution in [2.45, 2.75) is 62.6 Å². The molecule has 0 spiro atoms. The molecular formula is C30H31Cl4N3O4S. The third-order valence-electron chi connectivity index (χ3n) is 7.23. The quantitative estimate of drug-likeness (QED) is 0.231. The van der Waals surface area contributed by atoms with Gasteiger partial charge in [-0.3, -0.25) is 13.9 Å². The number of anilines is 1. The lowest BCUT2D eigenvalue weighted by Crippen LogP contribution is -2.53. The molecule has 12 heteroatoms. The van der Waals surface area contributed by atoms with Crippen molar-refractivity contribution in [3.05, 3.63) is 92.4 Å². The first-order valence-electron chi connectivity index (χ1n) is 13.6. The molecule has 42 heavy (non-hydrogen) atoms. The van der Waals surface area contributed by atoms with Crippen molar-refractivity contribution in [1.82, 2.24) is 10.2 Å². The number of carbonyl (C=O) groups is 2. The van der Waals surface area contributed by atoms with Crippen molar-refractivity contribution in [1.29, 1.82) is 0 Å². The van der Waals surface area contributed by atoms with Crippen LogP contribution in [0.2, 0.25) is 20.1 Å². The SMILES string of the molecule is CCC(C(=O)NC1CCCC1)N(Cc1ccc(Cl)cc1Cl)C(=O)CN(c1ccc(Cl)cc1Cl)S(=O)(=O)c1ccccc1. The number of nitrogens with one attached hydrogen (secondary N) is 1. The molecule has 2 amide bonds. The zero-order valence-electron chi connectivity index (χ0n) is 22.9. The summed E-state index contributed by atoms with van der Waals surface area (Å²) in [4.78, 5) is 29.1. The molecule has 0 aliphatic heterocycles. The molecular weight excluding hydrogens is 640 g/mol. The molecule has 1 saturated carbocycles. The third kappa shape index (κ3) is 7.71. The first-order valence-corrected chi connectivity index (χ1v) is 16.5. The van der Waals surface area contributed by atoms with Gasteiger partial charge in [0.2, 0.25) is 11.8 Å². The molecule has 1 aliphatic carbocycles. The first-order chi connectivity index (χ1) is 20.0. The van der Waals surface area contributed by atoms with Crippen LogP contribution in [0.5, 0.6) is 0 Å². The summed E-state index contributed by atoms with van der Waals surface area (Å²) in [5, 5.41) is 4.17. The molecule has 4 rings (SSSR count). The zero-order chi connectivity index (χ0) is 30.4. The van der Waals surface area contributed by atoms with E-state index in [1.807, 2.05) is 0 Å². The number of amides is 2. The Morgan fingerprint density at radius 3 is 2.12 bits per heavy atom. The molecule has 1 atom stereocenters. The number of benzene rings is 3. The topological polar surface area (TPSA) is 86.8 Å². The van der Waals surface area contributed by atoms with Gasteiger partial charge in [0.25, 0.3) is 10.0 Å². The van der Waals surface area contributed by atoms with Crippen LogP contribution in [0.3, 0.4) is 0 Å². The van der Waals surface area contributed by atoms with Gasteiger partial charge < -0.3 is 10.2 Å². The molecule has 1 unspecified atom stereocenters. The van der Waals surface area contributed by atoms with E-state index in [1.54, 1.807) is 43.3 Å². The highest BCUT2D eigenvalue weighted by Crippen LogP contribution is 2.33. The molecule has 224 valence electrons. The second-order valence-electron chi connectivity index (χ2n) is 10.1. The second-order valence-corrected chi connectivity index (χ2v) is 13.6. The van der Waals surface area contributed by atoms with Gasteiger partial charge >= 0.3 is 0 Å². The summed E-state index contributed by atoms with van der Waals surface area (Å²) >= 11 is 25.1. The van der Waals surface area contributed by atoms with Crippen molar-refractivity contribution >= 4 is 73.9 Å². The van der Waals surface area contributed by atoms with E-state index in [0.29, 0.717) is 27.1 Å². The van der Waals surface area contributed by atoms with E-state index < -0.39 is 28.5 Å². The summed E-state index contributed by atoms with van der Waals surface area (Å²) in [5.74, 6) is -0.912. The minimum atomic E-state index is -4.26. The molecule has 3 aromatic rings. The van der Waals surface area contributed by atoms with Crippen molar-refractivity contribution in [2.75, 3.05) is 10.8 Å². The van der Waals surface area contributed by atoms with Crippen molar-refractivity contribution < 1.29 is 18.0 Å². The normalized spacial score (nSPS) is 14.4. The molecule has 0 heterocycles. The fraction of sp³-hybridized carbons (Fsp3) is 0.333. The fourth-order valence-electron chi connectivity index (χ4n) is 5.04. The number of hydrogen-bond acceptors (Lipinski definition) is 4. The Morgan fingerprint density at radius 2 is 1.52 bits per heavy atom. The lowest BCUT2D eigenvalue weighted by atomic mass is 10.1. The minimum absolute atomic E-state index is 0.0258. The maximum Gasteiger partial charge on any atom is 0.264 e. The number of hydrogen-bond donors (Lipinski definition) is 1. The van der Waals surface area contributed by atoms with E-state index >= 15 is 0 Å². The number of carbonyl (C=O) groups excluding carboxylic acids is 2. The van der Waals surface area contributed by atoms with E-state index in [1.165, 1.54) is 35.2 Å². The van der Waals surface area contributed by atoms with Crippen molar-refractivity contribution in [3.8, 4) is 0 Å². The highest BCUT2D eigenvalue weighted by Gasteiger charge is 2.35. The lowest BCUT2D eigenvalue weighted by molar-refractivity contribution is -0.140. The highest BCUT2D eigenvalue weighted by atomic mass is 35.5. The van der Waals surface area contributed by atoms with Gasteiger partial charge in [-0.05, 0) is 67.3 Å². The summed E-state index contributed by atoms with van der Waals surface area (Å²) in [6.45, 7) is 1.13. The summed E-state index contributed by atoms with van der Waals surface area (Å²) in [6.07, 6.45) is 4.09. The monoisotopic (exact) mass is 669 g/mol. The van der Waals surface area contributed by atoms with Crippen molar-refractivity contribution in [2.24, 2.45) is 0 Å². The Bertz CT molecular complexity index is 1530. The summed E-state index contributed by atoms with van der Waals surface area (Å²) < 4.78 is 28.8. The number of sulfonamides is 1. The average Bonchev–Trinajstić information content (AvgIpc) is 3.46. The van der Waals surface area contributed by atoms with Gasteiger partial charge in [0.1, 0.15) is 12.6 Å². The van der Waals surface area contributed by atoms with Crippen LogP contribution in [0, 0.1) is 0 Å². The summed E-state index contributed by atoms with van der Waals surface area (Å²) in [7, 11) is -4.26. The van der Waals surface area contributed by atoms with Crippen LogP contribution < -0.4 is 9.62 Å². The average molecular weight is 671 g/mol. The smallest absolute Gasteiger partial charge is 0.264 e. The Hall–Kier alpha value is -2.49. The van der Waals surface area contributed by atoms with Gasteiger partial charge in [-0.1, -0.05) is 90.4 Å². The molecule has 1 N–H and O–H groups in total. The van der Waals surface area contributed by atoms with Gasteiger partial charge in [-0.15, -0.1) is 0 Å². The fourth-order valence-corrected chi connectivity index (χ4v) is 7.52. The number of nitrogens with zero attached hydrogens (tertiary/aromatic N) is 2. The summed E-state index contributed by atoms with van der Waals surface area (Å²) in [5.41, 5.74) is 0.634. The predicted octanol–water partition coefficient (Wildman–Crippen LogP) is 7.36. The van der Waals surface area contributed by atoms with Crippen LogP contribution >= 0.6 is 46.4 Å². The van der Waals surface area contributed by atoms with E-state index in [2.05, 4.69) is 5.32 Å². The van der Waals surface area contributed by atoms with Crippen molar-refractivity contribution in [3.63, 3.8) is 0 Å². The molecule has 3 aromatic carbocycles. The molecule has 0 bridgehead atoms. The first kappa shape index (κ1) is 32.4. The Morgan fingerprint density at radius 1 is 0.905 bits per heavy atom. The van der Waals surface area contributed by atoms with E-state index in [-0.39, 0.29) is 34.1 Å². The summed E-state index contributed by atoms with van der Waals surface area (Å²) in [6, 6.07) is 16.1. The Kier molecular flexibility index (Phi) is 11.1. The Labute approximate surface area is 266 Å². The minimum Gasteiger partial charge on any atom is -0.352 e. The number of halogens is 4. The lowest BCUT2D eigenvalue weighted by Gasteiger charge is -2.34. The largest absolute Gasteiger partial charge is 0.352 e. The van der Waals surface area contributed by atoms with Gasteiger partial charge in [0, 0.05) is 27.7 Å². The van der Waals surface area contributed by atoms with E-state index in [4.69, 9.17) is 46.4 Å². The molecule has 0 radical (unpaired) electrons. The van der Waals surface area contributed by atoms with Crippen LogP contribution in [0.4, 0.5) is 5.69 Å². The van der Waals surface area contributed by atoms with Gasteiger partial charge in [0.15, 0.2) is 0 Å². The van der Waals surface area contributed by atoms with Gasteiger partial charge in [-0.2, -0.15) is 0 Å². The maximum atomic E-state index is 14.2. The molecule has 1 aliphatic rings. The zero-order valence-corrected chi connectivity index (χ0v) is 26.7. The van der Waals surface area contributed by atoms with Crippen LogP contribution in [-0.2, 0) is 26.2 Å². The second kappa shape index (κ2) is 14.3. The highest BCUT2D eigenvalue weighted by molar-refractivity contribution is 7.92. The van der Waals surface area contributed by atoms with Crippen LogP contribution in [0.25, 0.3) is 0 Å². The molecule has 0 saturated heterocycles. The van der Waals surface area contributed by atoms with Gasteiger partial charge in [-0.25, -0.2) is 8.42 Å². The van der Waals surface area contributed by atoms with Crippen LogP contribution in [0.1, 0.15) is 44.6 Å². The van der Waals surface area contributed by atoms with Crippen LogP contribution in [0.15, 0.2) is 71.6 Å². The van der Waals surface area contributed by atoms with E-state index in [9.17, 15) is 18.0 Å². The number of rotatable bonds is 11. The molecule has 1 fully saturated rings. The standard InChI is InChI=1S/C30H31Cl4N3O4S/c1-2-27(30(39)35-23-8-6-7-9-23)36(18-20-12-13-21(31)16-25(20)33)29(38)19-37(28-15-14-22(32)17-26(28)34)42(40,41)24-10-4-3-5-11-24/h3-5,10-17,23,27H,2,6-9,18-19H2,1H3,(H,35,39). The predicted molar refractivity (Wildman–Crippen MR) is 169 cm³/mol. The molecule has 7 nitrogen and oxygen atoms in total. The van der Waals surface area contributed by atoms with E-state index in [0.717, 1.165) is 30.0 Å². The van der Waals surface area contributed by atoms with Gasteiger partial charge in [0.05, 0.1) is 15.6 Å². The Balaban J connectivity index is 1.75. The van der Waals surface area contributed by atoms with Crippen LogP contribution in [-0.4, -0.2) is 43.8 Å². The third-order valence-corrected chi connectivity index (χ3v) is 10.1. The maximum absolute atomic E-state index is 14.2.